The fourth-order valence-corrected chi connectivity index (χ4v) is 4.10. The number of alkyl carbamates (subject to hydrolysis) is 1. The van der Waals surface area contributed by atoms with Gasteiger partial charge in [0.05, 0.1) is 12.1 Å². The molecule has 37 heavy (non-hydrogen) atoms. The third-order valence-electron chi connectivity index (χ3n) is 5.96. The van der Waals surface area contributed by atoms with Crippen molar-refractivity contribution in [3.8, 4) is 0 Å². The number of hydrogen-bond acceptors (Lipinski definition) is 5. The summed E-state index contributed by atoms with van der Waals surface area (Å²) in [7, 11) is 0. The molecule has 1 unspecified atom stereocenters. The number of unbranched alkanes of at least 4 members (excludes halogenated alkanes) is 1. The maximum Gasteiger partial charge on any atom is 0.408 e. The zero-order valence-corrected chi connectivity index (χ0v) is 22.0. The number of nitrogens with one attached hydrogen (secondary N) is 2. The minimum atomic E-state index is -1.56. The molecular weight excluding hydrogens is 474 g/mol. The van der Waals surface area contributed by atoms with Crippen LogP contribution < -0.4 is 10.6 Å². The summed E-state index contributed by atoms with van der Waals surface area (Å²) in [5, 5.41) is 26.3. The summed E-state index contributed by atoms with van der Waals surface area (Å²) in [4.78, 5) is 38.1. The number of benzene rings is 2. The van der Waals surface area contributed by atoms with Crippen LogP contribution in [-0.2, 0) is 16.1 Å². The van der Waals surface area contributed by atoms with Crippen molar-refractivity contribution in [1.29, 1.82) is 0 Å². The van der Waals surface area contributed by atoms with Crippen molar-refractivity contribution in [1.82, 2.24) is 15.5 Å². The van der Waals surface area contributed by atoms with Crippen LogP contribution in [0.25, 0.3) is 0 Å². The maximum absolute atomic E-state index is 12.9. The molecule has 3 amide bonds. The van der Waals surface area contributed by atoms with Gasteiger partial charge in [-0.1, -0.05) is 60.7 Å². The highest BCUT2D eigenvalue weighted by atomic mass is 16.5. The lowest BCUT2D eigenvalue weighted by Crippen LogP contribution is -2.58. The average Bonchev–Trinajstić information content (AvgIpc) is 2.86. The summed E-state index contributed by atoms with van der Waals surface area (Å²) in [5.74, 6) is -0.639. The van der Waals surface area contributed by atoms with Gasteiger partial charge in [0.2, 0.25) is 0 Å². The van der Waals surface area contributed by atoms with E-state index in [1.54, 1.807) is 27.7 Å². The van der Waals surface area contributed by atoms with Gasteiger partial charge < -0.3 is 25.6 Å². The summed E-state index contributed by atoms with van der Waals surface area (Å²) in [6.07, 6.45) is -2.10. The van der Waals surface area contributed by atoms with Gasteiger partial charge in [-0.3, -0.25) is 9.69 Å². The lowest BCUT2D eigenvalue weighted by atomic mass is 9.95. The third kappa shape index (κ3) is 9.76. The molecule has 0 bridgehead atoms. The Kier molecular flexibility index (Phi) is 11.4. The second kappa shape index (κ2) is 14.2. The minimum Gasteiger partial charge on any atom is -0.465 e. The summed E-state index contributed by atoms with van der Waals surface area (Å²) in [5.41, 5.74) is 0.906. The van der Waals surface area contributed by atoms with E-state index in [1.165, 1.54) is 0 Å². The quantitative estimate of drug-likeness (QED) is 0.310. The van der Waals surface area contributed by atoms with E-state index in [4.69, 9.17) is 4.74 Å². The molecule has 0 saturated carbocycles. The first kappa shape index (κ1) is 29.6. The second-order valence-corrected chi connectivity index (χ2v) is 9.96. The number of nitrogens with zero attached hydrogens (tertiary/aromatic N) is 1. The number of hydrogen-bond donors (Lipinski definition) is 4. The van der Waals surface area contributed by atoms with Gasteiger partial charge in [-0.05, 0) is 58.1 Å². The monoisotopic (exact) mass is 513 g/mol. The third-order valence-corrected chi connectivity index (χ3v) is 5.96. The molecule has 0 spiro atoms. The predicted molar refractivity (Wildman–Crippen MR) is 141 cm³/mol. The van der Waals surface area contributed by atoms with Gasteiger partial charge >= 0.3 is 12.2 Å². The maximum atomic E-state index is 12.9. The average molecular weight is 514 g/mol. The summed E-state index contributed by atoms with van der Waals surface area (Å²) < 4.78 is 5.18. The van der Waals surface area contributed by atoms with Crippen molar-refractivity contribution in [2.45, 2.75) is 77.3 Å². The molecular formula is C28H39N3O6. The van der Waals surface area contributed by atoms with Crippen molar-refractivity contribution in [3.05, 3.63) is 71.8 Å². The number of ether oxygens (including phenoxy) is 1. The highest BCUT2D eigenvalue weighted by molar-refractivity contribution is 5.82. The molecule has 0 aliphatic heterocycles. The molecule has 0 radical (unpaired) electrons. The van der Waals surface area contributed by atoms with Crippen molar-refractivity contribution in [3.63, 3.8) is 0 Å². The zero-order chi connectivity index (χ0) is 27.4. The molecule has 0 heterocycles. The van der Waals surface area contributed by atoms with Gasteiger partial charge in [-0.25, -0.2) is 9.59 Å². The topological polar surface area (TPSA) is 128 Å². The predicted octanol–water partition coefficient (Wildman–Crippen LogP) is 4.47. The Balaban J connectivity index is 1.94. The Labute approximate surface area is 218 Å². The van der Waals surface area contributed by atoms with E-state index < -0.39 is 35.8 Å². The smallest absolute Gasteiger partial charge is 0.408 e. The molecule has 0 aliphatic carbocycles. The number of aliphatic hydroxyl groups excluding tert-OH is 1. The fraction of sp³-hybridized carbons (Fsp3) is 0.464. The van der Waals surface area contributed by atoms with Crippen LogP contribution in [0, 0.1) is 0 Å². The number of carbonyl (C=O) groups excluding carboxylic acids is 2. The summed E-state index contributed by atoms with van der Waals surface area (Å²) in [6, 6.07) is 17.3. The van der Waals surface area contributed by atoms with E-state index in [0.717, 1.165) is 16.0 Å². The molecule has 0 aliphatic rings. The van der Waals surface area contributed by atoms with Crippen LogP contribution in [0.4, 0.5) is 9.59 Å². The molecule has 0 aromatic heterocycles. The van der Waals surface area contributed by atoms with Crippen LogP contribution in [0.3, 0.4) is 0 Å². The van der Waals surface area contributed by atoms with Crippen LogP contribution in [-0.4, -0.2) is 57.4 Å². The van der Waals surface area contributed by atoms with Gasteiger partial charge in [-0.2, -0.15) is 0 Å². The minimum absolute atomic E-state index is 0.163. The molecule has 2 aromatic carbocycles. The Morgan fingerprint density at radius 1 is 0.973 bits per heavy atom. The van der Waals surface area contributed by atoms with Gasteiger partial charge in [0.15, 0.2) is 6.10 Å². The summed E-state index contributed by atoms with van der Waals surface area (Å²) >= 11 is 0. The molecule has 202 valence electrons. The van der Waals surface area contributed by atoms with E-state index in [1.807, 2.05) is 60.7 Å². The first-order valence-electron chi connectivity index (χ1n) is 12.5. The van der Waals surface area contributed by atoms with Crippen LogP contribution in [0.5, 0.6) is 0 Å². The Morgan fingerprint density at radius 3 is 2.14 bits per heavy atom. The largest absolute Gasteiger partial charge is 0.465 e. The van der Waals surface area contributed by atoms with Crippen molar-refractivity contribution in [2.24, 2.45) is 0 Å². The second-order valence-electron chi connectivity index (χ2n) is 9.96. The molecule has 2 aromatic rings. The molecule has 0 saturated heterocycles. The van der Waals surface area contributed by atoms with Crippen LogP contribution in [0.2, 0.25) is 0 Å². The number of carboxylic acid groups (broad SMARTS) is 1. The van der Waals surface area contributed by atoms with Crippen molar-refractivity contribution in [2.75, 3.05) is 6.54 Å². The Hall–Kier alpha value is -3.59. The highest BCUT2D eigenvalue weighted by Gasteiger charge is 2.39. The van der Waals surface area contributed by atoms with Crippen LogP contribution in [0.1, 0.15) is 64.1 Å². The number of aliphatic hydroxyl groups is 1. The molecule has 9 heteroatoms. The van der Waals surface area contributed by atoms with Gasteiger partial charge in [0, 0.05) is 12.1 Å². The SMILES string of the molecule is C[C@@H](NC(=O)C(O)[C@H](CCCCNC(=O)OCc1ccccc1)N(C(=O)O)C(C)(C)C)c1ccccc1. The number of amides is 3. The summed E-state index contributed by atoms with van der Waals surface area (Å²) in [6.45, 7) is 7.43. The lowest BCUT2D eigenvalue weighted by Gasteiger charge is -2.41. The number of carbonyl (C=O) groups is 3. The van der Waals surface area contributed by atoms with E-state index in [9.17, 15) is 24.6 Å². The van der Waals surface area contributed by atoms with E-state index >= 15 is 0 Å². The van der Waals surface area contributed by atoms with Crippen molar-refractivity contribution >= 4 is 18.1 Å². The van der Waals surface area contributed by atoms with Gasteiger partial charge in [0.25, 0.3) is 5.91 Å². The number of rotatable bonds is 12. The van der Waals surface area contributed by atoms with E-state index in [-0.39, 0.29) is 19.1 Å². The zero-order valence-electron chi connectivity index (χ0n) is 22.0. The highest BCUT2D eigenvalue weighted by Crippen LogP contribution is 2.24. The van der Waals surface area contributed by atoms with Gasteiger partial charge in [0.1, 0.15) is 6.61 Å². The molecule has 4 N–H and O–H groups in total. The Bertz CT molecular complexity index is 994. The molecule has 0 fully saturated rings. The first-order chi connectivity index (χ1) is 17.5. The lowest BCUT2D eigenvalue weighted by molar-refractivity contribution is -0.134. The van der Waals surface area contributed by atoms with Crippen molar-refractivity contribution < 1.29 is 29.3 Å². The van der Waals surface area contributed by atoms with Crippen LogP contribution in [0.15, 0.2) is 60.7 Å². The fourth-order valence-electron chi connectivity index (χ4n) is 4.10. The van der Waals surface area contributed by atoms with E-state index in [2.05, 4.69) is 10.6 Å². The molecule has 9 nitrogen and oxygen atoms in total. The first-order valence-corrected chi connectivity index (χ1v) is 12.5. The molecule has 2 rings (SSSR count). The molecule has 3 atom stereocenters. The normalized spacial score (nSPS) is 13.6. The standard InChI is InChI=1S/C28H39N3O6/c1-20(22-15-9-6-10-16-22)30-25(33)24(32)23(31(27(35)36)28(2,3)4)17-11-12-18-29-26(34)37-19-21-13-7-5-8-14-21/h5-10,13-16,20,23-24,32H,11-12,17-19H2,1-4H3,(H,29,34)(H,30,33)(H,35,36)/t20-,23+,24?/m1/s1. The van der Waals surface area contributed by atoms with Crippen LogP contribution >= 0.6 is 0 Å². The Morgan fingerprint density at radius 2 is 1.57 bits per heavy atom. The van der Waals surface area contributed by atoms with E-state index in [0.29, 0.717) is 19.4 Å². The van der Waals surface area contributed by atoms with Gasteiger partial charge in [-0.15, -0.1) is 0 Å².